The molecule has 1 amide bonds. The van der Waals surface area contributed by atoms with E-state index in [4.69, 9.17) is 0 Å². The van der Waals surface area contributed by atoms with E-state index in [1.54, 1.807) is 30.0 Å². The molecule has 7 nitrogen and oxygen atoms in total. The Hall–Kier alpha value is -2.36. The van der Waals surface area contributed by atoms with Gasteiger partial charge >= 0.3 is 0 Å². The third-order valence-electron chi connectivity index (χ3n) is 5.26. The highest BCUT2D eigenvalue weighted by atomic mass is 32.2. The first kappa shape index (κ1) is 24.3. The Labute approximate surface area is 194 Å². The first-order chi connectivity index (χ1) is 15.2. The normalized spacial score (nSPS) is 11.9. The average molecular weight is 475 g/mol. The van der Waals surface area contributed by atoms with Gasteiger partial charge in [-0.25, -0.2) is 17.7 Å². The van der Waals surface area contributed by atoms with Gasteiger partial charge in [0.1, 0.15) is 5.82 Å². The van der Waals surface area contributed by atoms with Crippen LogP contribution < -0.4 is 5.32 Å². The SMILES string of the molecule is Cc1ccc(CSCCNC(=O)CCc2nc3cc(S(=O)(=O)N(C)C)ccc3n2C)cc1. The van der Waals surface area contributed by atoms with Crippen LogP contribution in [0.3, 0.4) is 0 Å². The number of amides is 1. The topological polar surface area (TPSA) is 84.3 Å². The molecular weight excluding hydrogens is 444 g/mol. The Kier molecular flexibility index (Phi) is 7.97. The minimum Gasteiger partial charge on any atom is -0.355 e. The fourth-order valence-corrected chi connectivity index (χ4v) is 5.02. The molecule has 0 saturated carbocycles. The van der Waals surface area contributed by atoms with Gasteiger partial charge in [-0.2, -0.15) is 11.8 Å². The molecule has 0 spiro atoms. The van der Waals surface area contributed by atoms with E-state index in [1.165, 1.54) is 29.5 Å². The summed E-state index contributed by atoms with van der Waals surface area (Å²) >= 11 is 1.80. The van der Waals surface area contributed by atoms with Crippen LogP contribution in [0.2, 0.25) is 0 Å². The van der Waals surface area contributed by atoms with Crippen molar-refractivity contribution in [3.63, 3.8) is 0 Å². The summed E-state index contributed by atoms with van der Waals surface area (Å²) in [6.45, 7) is 2.70. The predicted octanol–water partition coefficient (Wildman–Crippen LogP) is 3.11. The standard InChI is InChI=1S/C23H30N4O3S2/c1-17-5-7-18(8-6-17)16-31-14-13-24-23(28)12-11-22-25-20-15-19(32(29,30)26(2)3)9-10-21(20)27(22)4/h5-10,15H,11-14,16H2,1-4H3,(H,24,28). The Morgan fingerprint density at radius 3 is 2.56 bits per heavy atom. The minimum atomic E-state index is -3.51. The number of sulfonamides is 1. The molecule has 0 radical (unpaired) electrons. The molecule has 0 aliphatic rings. The largest absolute Gasteiger partial charge is 0.355 e. The molecule has 0 atom stereocenters. The van der Waals surface area contributed by atoms with Crippen LogP contribution in [-0.2, 0) is 34.0 Å². The highest BCUT2D eigenvalue weighted by Crippen LogP contribution is 2.22. The van der Waals surface area contributed by atoms with Crippen LogP contribution in [-0.4, -0.2) is 54.6 Å². The number of carbonyl (C=O) groups excluding carboxylic acids is 1. The van der Waals surface area contributed by atoms with E-state index in [9.17, 15) is 13.2 Å². The van der Waals surface area contributed by atoms with Crippen LogP contribution in [0.5, 0.6) is 0 Å². The van der Waals surface area contributed by atoms with Crippen molar-refractivity contribution in [2.45, 2.75) is 30.4 Å². The quantitative estimate of drug-likeness (QED) is 0.457. The number of nitrogens with zero attached hydrogens (tertiary/aromatic N) is 3. The molecule has 1 heterocycles. The summed E-state index contributed by atoms with van der Waals surface area (Å²) in [6.07, 6.45) is 0.825. The lowest BCUT2D eigenvalue weighted by molar-refractivity contribution is -0.120. The molecule has 0 aliphatic carbocycles. The highest BCUT2D eigenvalue weighted by Gasteiger charge is 2.19. The molecule has 0 aliphatic heterocycles. The number of rotatable bonds is 10. The summed E-state index contributed by atoms with van der Waals surface area (Å²) < 4.78 is 27.8. The number of carbonyl (C=O) groups is 1. The van der Waals surface area contributed by atoms with Crippen LogP contribution in [0.25, 0.3) is 11.0 Å². The number of aromatic nitrogens is 2. The molecular formula is C23H30N4O3S2. The van der Waals surface area contributed by atoms with E-state index in [1.807, 2.05) is 11.6 Å². The van der Waals surface area contributed by atoms with Crippen LogP contribution in [0.1, 0.15) is 23.4 Å². The number of fused-ring (bicyclic) bond motifs is 1. The summed E-state index contributed by atoms with van der Waals surface area (Å²) in [5.41, 5.74) is 3.99. The molecule has 0 fully saturated rings. The summed E-state index contributed by atoms with van der Waals surface area (Å²) in [5.74, 6) is 2.53. The zero-order chi connectivity index (χ0) is 23.3. The molecule has 3 aromatic rings. The minimum absolute atomic E-state index is 0.0103. The van der Waals surface area contributed by atoms with Crippen molar-refractivity contribution < 1.29 is 13.2 Å². The van der Waals surface area contributed by atoms with Crippen molar-refractivity contribution in [3.05, 3.63) is 59.4 Å². The predicted molar refractivity (Wildman–Crippen MR) is 130 cm³/mol. The molecule has 172 valence electrons. The van der Waals surface area contributed by atoms with E-state index >= 15 is 0 Å². The zero-order valence-electron chi connectivity index (χ0n) is 19.0. The summed E-state index contributed by atoms with van der Waals surface area (Å²) in [5, 5.41) is 2.96. The maximum absolute atomic E-state index is 12.4. The number of imidazole rings is 1. The van der Waals surface area contributed by atoms with Gasteiger partial charge in [0, 0.05) is 52.0 Å². The van der Waals surface area contributed by atoms with Gasteiger partial charge in [-0.3, -0.25) is 4.79 Å². The number of thioether (sulfide) groups is 1. The maximum atomic E-state index is 12.4. The number of nitrogens with one attached hydrogen (secondary N) is 1. The molecule has 32 heavy (non-hydrogen) atoms. The molecule has 2 aromatic carbocycles. The van der Waals surface area contributed by atoms with Crippen LogP contribution in [0.4, 0.5) is 0 Å². The van der Waals surface area contributed by atoms with Crippen LogP contribution >= 0.6 is 11.8 Å². The van der Waals surface area contributed by atoms with Crippen molar-refractivity contribution in [3.8, 4) is 0 Å². The summed E-state index contributed by atoms with van der Waals surface area (Å²) in [7, 11) is 1.37. The molecule has 0 bridgehead atoms. The van der Waals surface area contributed by atoms with E-state index in [0.29, 0.717) is 24.9 Å². The maximum Gasteiger partial charge on any atom is 0.242 e. The average Bonchev–Trinajstić information content (AvgIpc) is 3.08. The van der Waals surface area contributed by atoms with Gasteiger partial charge in [0.15, 0.2) is 0 Å². The Morgan fingerprint density at radius 1 is 1.16 bits per heavy atom. The second-order valence-electron chi connectivity index (χ2n) is 7.91. The Morgan fingerprint density at radius 2 is 1.88 bits per heavy atom. The third kappa shape index (κ3) is 5.90. The van der Waals surface area contributed by atoms with Crippen molar-refractivity contribution in [2.24, 2.45) is 7.05 Å². The first-order valence-electron chi connectivity index (χ1n) is 10.5. The van der Waals surface area contributed by atoms with Gasteiger partial charge in [0.05, 0.1) is 15.9 Å². The van der Waals surface area contributed by atoms with Gasteiger partial charge in [0.2, 0.25) is 15.9 Å². The van der Waals surface area contributed by atoms with E-state index in [2.05, 4.69) is 41.5 Å². The first-order valence-corrected chi connectivity index (χ1v) is 13.1. The van der Waals surface area contributed by atoms with Gasteiger partial charge in [-0.1, -0.05) is 29.8 Å². The third-order valence-corrected chi connectivity index (χ3v) is 8.10. The van der Waals surface area contributed by atoms with Crippen molar-refractivity contribution >= 4 is 38.7 Å². The number of benzene rings is 2. The van der Waals surface area contributed by atoms with E-state index < -0.39 is 10.0 Å². The molecule has 0 saturated heterocycles. The fraction of sp³-hybridized carbons (Fsp3) is 0.391. The monoisotopic (exact) mass is 474 g/mol. The van der Waals surface area contributed by atoms with E-state index in [-0.39, 0.29) is 10.8 Å². The van der Waals surface area contributed by atoms with Gasteiger partial charge in [0.25, 0.3) is 0 Å². The van der Waals surface area contributed by atoms with Crippen LogP contribution in [0, 0.1) is 6.92 Å². The Balaban J connectivity index is 1.49. The number of hydrogen-bond acceptors (Lipinski definition) is 5. The van der Waals surface area contributed by atoms with Crippen molar-refractivity contribution in [1.29, 1.82) is 0 Å². The van der Waals surface area contributed by atoms with Gasteiger partial charge < -0.3 is 9.88 Å². The summed E-state index contributed by atoms with van der Waals surface area (Å²) in [4.78, 5) is 17.0. The molecule has 1 N–H and O–H groups in total. The fourth-order valence-electron chi connectivity index (χ4n) is 3.28. The lowest BCUT2D eigenvalue weighted by Gasteiger charge is -2.10. The molecule has 0 unspecified atom stereocenters. The zero-order valence-corrected chi connectivity index (χ0v) is 20.6. The van der Waals surface area contributed by atoms with Crippen molar-refractivity contribution in [1.82, 2.24) is 19.2 Å². The number of aryl methyl sites for hydroxylation is 3. The lowest BCUT2D eigenvalue weighted by atomic mass is 10.2. The molecule has 9 heteroatoms. The summed E-state index contributed by atoms with van der Waals surface area (Å²) in [6, 6.07) is 13.4. The van der Waals surface area contributed by atoms with Gasteiger partial charge in [-0.15, -0.1) is 0 Å². The van der Waals surface area contributed by atoms with Crippen molar-refractivity contribution in [2.75, 3.05) is 26.4 Å². The second kappa shape index (κ2) is 10.5. The Bertz CT molecular complexity index is 1190. The van der Waals surface area contributed by atoms with Crippen LogP contribution in [0.15, 0.2) is 47.4 Å². The van der Waals surface area contributed by atoms with E-state index in [0.717, 1.165) is 22.8 Å². The lowest BCUT2D eigenvalue weighted by Crippen LogP contribution is -2.26. The molecule has 1 aromatic heterocycles. The van der Waals surface area contributed by atoms with Gasteiger partial charge in [-0.05, 0) is 30.7 Å². The smallest absolute Gasteiger partial charge is 0.242 e. The highest BCUT2D eigenvalue weighted by molar-refractivity contribution is 7.98. The molecule has 3 rings (SSSR count). The number of hydrogen-bond donors (Lipinski definition) is 1. The second-order valence-corrected chi connectivity index (χ2v) is 11.2.